The van der Waals surface area contributed by atoms with Crippen molar-refractivity contribution < 1.29 is 5.11 Å². The molecule has 0 saturated heterocycles. The molecule has 26 heavy (non-hydrogen) atoms. The summed E-state index contributed by atoms with van der Waals surface area (Å²) in [4.78, 5) is 0. The van der Waals surface area contributed by atoms with Crippen molar-refractivity contribution in [1.82, 2.24) is 0 Å². The summed E-state index contributed by atoms with van der Waals surface area (Å²) in [5, 5.41) is 11.0. The molecule has 4 rings (SSSR count). The molecular weight excluding hydrogens is 316 g/mol. The lowest BCUT2D eigenvalue weighted by molar-refractivity contribution is -0.126. The predicted octanol–water partition coefficient (Wildman–Crippen LogP) is 6.75. The van der Waals surface area contributed by atoms with E-state index in [-0.39, 0.29) is 5.60 Å². The lowest BCUT2D eigenvalue weighted by atomic mass is 9.44. The van der Waals surface area contributed by atoms with Gasteiger partial charge >= 0.3 is 0 Å². The fourth-order valence-corrected chi connectivity index (χ4v) is 8.66. The minimum Gasteiger partial charge on any atom is -0.390 e. The molecule has 4 saturated carbocycles. The smallest absolute Gasteiger partial charge is 0.0650 e. The van der Waals surface area contributed by atoms with Gasteiger partial charge in [0.2, 0.25) is 0 Å². The summed E-state index contributed by atoms with van der Waals surface area (Å²) >= 11 is 0. The summed E-state index contributed by atoms with van der Waals surface area (Å²) in [5.41, 5.74) is 1.64. The number of hydrogen-bond acceptors (Lipinski definition) is 1. The molecule has 0 aromatic heterocycles. The molecule has 4 aliphatic rings. The van der Waals surface area contributed by atoms with E-state index in [1.54, 1.807) is 0 Å². The van der Waals surface area contributed by atoms with Gasteiger partial charge in [0.1, 0.15) is 0 Å². The van der Waals surface area contributed by atoms with E-state index in [4.69, 9.17) is 0 Å². The van der Waals surface area contributed by atoms with Gasteiger partial charge in [-0.3, -0.25) is 0 Å². The van der Waals surface area contributed by atoms with Gasteiger partial charge in [-0.15, -0.1) is 0 Å². The zero-order chi connectivity index (χ0) is 18.5. The molecule has 8 atom stereocenters. The van der Waals surface area contributed by atoms with Crippen LogP contribution < -0.4 is 0 Å². The van der Waals surface area contributed by atoms with E-state index < -0.39 is 0 Å². The van der Waals surface area contributed by atoms with E-state index in [1.165, 1.54) is 56.9 Å². The third-order valence-corrected chi connectivity index (χ3v) is 9.66. The summed E-state index contributed by atoms with van der Waals surface area (Å²) in [6, 6.07) is 0. The maximum absolute atomic E-state index is 11.0. The summed E-state index contributed by atoms with van der Waals surface area (Å²) in [6.45, 7) is 11.5. The number of rotatable bonds is 3. The van der Waals surface area contributed by atoms with Gasteiger partial charge in [0.25, 0.3) is 0 Å². The van der Waals surface area contributed by atoms with Crippen LogP contribution in [0.5, 0.6) is 0 Å². The van der Waals surface area contributed by atoms with Crippen LogP contribution in [0.4, 0.5) is 0 Å². The molecule has 0 aromatic carbocycles. The third kappa shape index (κ3) is 3.01. The third-order valence-electron chi connectivity index (χ3n) is 9.66. The van der Waals surface area contributed by atoms with Gasteiger partial charge in [-0.05, 0) is 112 Å². The Labute approximate surface area is 162 Å². The normalized spacial score (nSPS) is 51.1. The van der Waals surface area contributed by atoms with Crippen LogP contribution in [0.25, 0.3) is 0 Å². The molecule has 0 amide bonds. The average Bonchev–Trinajstić information content (AvgIpc) is 2.59. The molecule has 0 spiro atoms. The van der Waals surface area contributed by atoms with E-state index in [2.05, 4.69) is 27.4 Å². The zero-order valence-electron chi connectivity index (χ0n) is 17.6. The quantitative estimate of drug-likeness (QED) is 0.553. The highest BCUT2D eigenvalue weighted by atomic mass is 16.3. The maximum atomic E-state index is 11.0. The van der Waals surface area contributed by atoms with Crippen LogP contribution in [0, 0.1) is 40.9 Å². The molecule has 4 fully saturated rings. The second kappa shape index (κ2) is 6.94. The van der Waals surface area contributed by atoms with Crippen molar-refractivity contribution in [3.8, 4) is 0 Å². The Hall–Kier alpha value is -0.300. The second-order valence-corrected chi connectivity index (χ2v) is 11.0. The largest absolute Gasteiger partial charge is 0.390 e. The van der Waals surface area contributed by atoms with Crippen LogP contribution in [0.1, 0.15) is 97.8 Å². The van der Waals surface area contributed by atoms with Gasteiger partial charge in [-0.1, -0.05) is 38.8 Å². The summed E-state index contributed by atoms with van der Waals surface area (Å²) in [7, 11) is 0. The molecule has 0 bridgehead atoms. The van der Waals surface area contributed by atoms with Crippen molar-refractivity contribution >= 4 is 0 Å². The standard InChI is InChI=1S/C25H42O/c1-5-13-25(26)15-12-19-18(16-25)9-10-21-20(19)11-14-24(4)22(17(2)3)7-6-8-23(21)24/h18-23,26H,2,5-16H2,1,3-4H3/t18-,19+,20-,21-,22-,23+,24-,25-/m1/s1. The van der Waals surface area contributed by atoms with Gasteiger partial charge in [0, 0.05) is 0 Å². The molecule has 0 unspecified atom stereocenters. The monoisotopic (exact) mass is 358 g/mol. The Morgan fingerprint density at radius 1 is 1.00 bits per heavy atom. The highest BCUT2D eigenvalue weighted by Crippen LogP contribution is 2.64. The molecule has 0 aliphatic heterocycles. The van der Waals surface area contributed by atoms with Crippen molar-refractivity contribution in [3.63, 3.8) is 0 Å². The van der Waals surface area contributed by atoms with Crippen LogP contribution in [0.15, 0.2) is 12.2 Å². The molecule has 0 heterocycles. The summed E-state index contributed by atoms with van der Waals surface area (Å²) < 4.78 is 0. The predicted molar refractivity (Wildman–Crippen MR) is 110 cm³/mol. The van der Waals surface area contributed by atoms with Crippen molar-refractivity contribution in [2.75, 3.05) is 0 Å². The topological polar surface area (TPSA) is 20.2 Å². The van der Waals surface area contributed by atoms with Crippen molar-refractivity contribution in [1.29, 1.82) is 0 Å². The minimum atomic E-state index is -0.332. The number of allylic oxidation sites excluding steroid dienone is 1. The number of hydrogen-bond donors (Lipinski definition) is 1. The molecule has 4 aliphatic carbocycles. The fraction of sp³-hybridized carbons (Fsp3) is 0.920. The van der Waals surface area contributed by atoms with Gasteiger partial charge in [0.05, 0.1) is 5.60 Å². The number of aliphatic hydroxyl groups is 1. The maximum Gasteiger partial charge on any atom is 0.0650 e. The first kappa shape index (κ1) is 19.0. The van der Waals surface area contributed by atoms with E-state index in [9.17, 15) is 5.11 Å². The van der Waals surface area contributed by atoms with Crippen LogP contribution >= 0.6 is 0 Å². The van der Waals surface area contributed by atoms with Crippen LogP contribution in [-0.2, 0) is 0 Å². The van der Waals surface area contributed by atoms with Crippen LogP contribution in [0.3, 0.4) is 0 Å². The summed E-state index contributed by atoms with van der Waals surface area (Å²) in [5.74, 6) is 5.36. The molecule has 1 heteroatoms. The Balaban J connectivity index is 1.52. The van der Waals surface area contributed by atoms with Gasteiger partial charge in [0.15, 0.2) is 0 Å². The fourth-order valence-electron chi connectivity index (χ4n) is 8.66. The van der Waals surface area contributed by atoms with Gasteiger partial charge in [-0.2, -0.15) is 0 Å². The molecule has 1 nitrogen and oxygen atoms in total. The van der Waals surface area contributed by atoms with Crippen molar-refractivity contribution in [2.45, 2.75) is 103 Å². The van der Waals surface area contributed by atoms with Crippen molar-refractivity contribution in [3.05, 3.63) is 12.2 Å². The molecule has 1 N–H and O–H groups in total. The molecule has 0 radical (unpaired) electrons. The average molecular weight is 359 g/mol. The highest BCUT2D eigenvalue weighted by molar-refractivity contribution is 5.12. The second-order valence-electron chi connectivity index (χ2n) is 11.0. The first-order valence-corrected chi connectivity index (χ1v) is 11.8. The highest BCUT2D eigenvalue weighted by Gasteiger charge is 2.56. The van der Waals surface area contributed by atoms with E-state index in [0.29, 0.717) is 5.41 Å². The van der Waals surface area contributed by atoms with Crippen molar-refractivity contribution in [2.24, 2.45) is 40.9 Å². The lowest BCUT2D eigenvalue weighted by Crippen LogP contribution is -2.54. The van der Waals surface area contributed by atoms with Crippen LogP contribution in [0.2, 0.25) is 0 Å². The zero-order valence-corrected chi connectivity index (χ0v) is 17.6. The Kier molecular flexibility index (Phi) is 5.08. The molecular formula is C25H42O. The molecule has 0 aromatic rings. The van der Waals surface area contributed by atoms with E-state index >= 15 is 0 Å². The molecule has 148 valence electrons. The van der Waals surface area contributed by atoms with Crippen LogP contribution in [-0.4, -0.2) is 10.7 Å². The first-order valence-electron chi connectivity index (χ1n) is 11.8. The van der Waals surface area contributed by atoms with Gasteiger partial charge < -0.3 is 5.11 Å². The Morgan fingerprint density at radius 3 is 2.50 bits per heavy atom. The summed E-state index contributed by atoms with van der Waals surface area (Å²) in [6.07, 6.45) is 15.6. The Morgan fingerprint density at radius 2 is 1.77 bits per heavy atom. The first-order chi connectivity index (χ1) is 12.4. The number of fused-ring (bicyclic) bond motifs is 5. The SMILES string of the molecule is C=C(C)[C@H]1CCC[C@H]2[C@@H]3CC[C@@H]4C[C@@](O)(CCC)CC[C@@H]4[C@H]3CC[C@]12C. The van der Waals surface area contributed by atoms with E-state index in [1.807, 2.05) is 0 Å². The van der Waals surface area contributed by atoms with Gasteiger partial charge in [-0.25, -0.2) is 0 Å². The Bertz CT molecular complexity index is 538. The van der Waals surface area contributed by atoms with E-state index in [0.717, 1.165) is 61.2 Å². The lowest BCUT2D eigenvalue weighted by Gasteiger charge is -2.61. The minimum absolute atomic E-state index is 0.332.